The molecule has 152 valence electrons. The Hall–Kier alpha value is -3.31. The molecule has 0 aliphatic carbocycles. The van der Waals surface area contributed by atoms with Crippen molar-refractivity contribution in [2.75, 3.05) is 10.6 Å². The number of aromatic nitrogens is 4. The van der Waals surface area contributed by atoms with Crippen LogP contribution >= 0.6 is 23.1 Å². The number of rotatable bonds is 5. The first-order valence-electron chi connectivity index (χ1n) is 8.75. The number of amides is 2. The summed E-state index contributed by atoms with van der Waals surface area (Å²) < 4.78 is 15.3. The van der Waals surface area contributed by atoms with Crippen LogP contribution in [-0.4, -0.2) is 25.6 Å². The molecule has 0 unspecified atom stereocenters. The van der Waals surface area contributed by atoms with Crippen molar-refractivity contribution < 1.29 is 9.18 Å². The summed E-state index contributed by atoms with van der Waals surface area (Å²) in [6, 6.07) is 10.2. The van der Waals surface area contributed by atoms with Crippen LogP contribution in [0, 0.1) is 12.7 Å². The van der Waals surface area contributed by atoms with Crippen molar-refractivity contribution in [3.8, 4) is 0 Å². The first-order chi connectivity index (χ1) is 14.5. The van der Waals surface area contributed by atoms with Gasteiger partial charge in [-0.1, -0.05) is 35.2 Å². The largest absolute Gasteiger partial charge is 0.325 e. The summed E-state index contributed by atoms with van der Waals surface area (Å²) in [6.45, 7) is 1.91. The van der Waals surface area contributed by atoms with E-state index >= 15 is 0 Å². The molecule has 0 atom stereocenters. The van der Waals surface area contributed by atoms with Gasteiger partial charge < -0.3 is 5.32 Å². The molecule has 0 radical (unpaired) electrons. The Morgan fingerprint density at radius 1 is 1.20 bits per heavy atom. The molecule has 0 fully saturated rings. The summed E-state index contributed by atoms with van der Waals surface area (Å²) in [5, 5.41) is 13.3. The highest BCUT2D eigenvalue weighted by atomic mass is 32.2. The molecule has 1 aromatic carbocycles. The van der Waals surface area contributed by atoms with E-state index in [4.69, 9.17) is 0 Å². The summed E-state index contributed by atoms with van der Waals surface area (Å²) in [5.74, 6) is -0.0107. The van der Waals surface area contributed by atoms with Crippen LogP contribution in [-0.2, 0) is 5.75 Å². The van der Waals surface area contributed by atoms with Crippen LogP contribution in [0.5, 0.6) is 0 Å². The molecule has 0 bridgehead atoms. The number of anilines is 2. The number of fused-ring (bicyclic) bond motifs is 1. The minimum absolute atomic E-state index is 0.145. The maximum atomic E-state index is 13.2. The smallest absolute Gasteiger partial charge is 0.308 e. The summed E-state index contributed by atoms with van der Waals surface area (Å²) in [4.78, 5) is 28.8. The zero-order valence-electron chi connectivity index (χ0n) is 15.6. The molecule has 2 N–H and O–H groups in total. The number of urea groups is 1. The van der Waals surface area contributed by atoms with Crippen LogP contribution < -0.4 is 16.2 Å². The van der Waals surface area contributed by atoms with Crippen molar-refractivity contribution in [3.05, 3.63) is 76.1 Å². The standard InChI is InChI=1S/C19H15FN6O2S2/c1-11-5-6-15-21-14(8-16(27)26(15)9-11)10-29-19-25-24-18(30-19)23-17(28)22-13-4-2-3-12(20)7-13/h2-9H,10H2,1H3,(H2,22,23,24,28). The lowest BCUT2D eigenvalue weighted by atomic mass is 10.3. The third kappa shape index (κ3) is 4.81. The van der Waals surface area contributed by atoms with Gasteiger partial charge in [0.1, 0.15) is 11.5 Å². The number of pyridine rings is 1. The number of hydrogen-bond acceptors (Lipinski definition) is 7. The number of benzene rings is 1. The van der Waals surface area contributed by atoms with Crippen molar-refractivity contribution >= 4 is 45.6 Å². The van der Waals surface area contributed by atoms with Crippen LogP contribution in [0.2, 0.25) is 0 Å². The van der Waals surface area contributed by atoms with Gasteiger partial charge >= 0.3 is 6.03 Å². The second-order valence-electron chi connectivity index (χ2n) is 6.27. The van der Waals surface area contributed by atoms with Crippen LogP contribution in [0.3, 0.4) is 0 Å². The molecule has 2 amide bonds. The summed E-state index contributed by atoms with van der Waals surface area (Å²) in [7, 11) is 0. The molecule has 0 spiro atoms. The number of hydrogen-bond donors (Lipinski definition) is 2. The van der Waals surface area contributed by atoms with E-state index in [0.29, 0.717) is 32.3 Å². The fraction of sp³-hybridized carbons (Fsp3) is 0.105. The van der Waals surface area contributed by atoms with Gasteiger partial charge in [-0.25, -0.2) is 14.2 Å². The van der Waals surface area contributed by atoms with Crippen LogP contribution in [0.25, 0.3) is 5.65 Å². The zero-order chi connectivity index (χ0) is 21.1. The Labute approximate surface area is 178 Å². The van der Waals surface area contributed by atoms with Gasteiger partial charge in [-0.2, -0.15) is 0 Å². The van der Waals surface area contributed by atoms with Crippen molar-refractivity contribution in [2.45, 2.75) is 17.0 Å². The molecule has 0 saturated carbocycles. The molecule has 0 aliphatic heterocycles. The predicted octanol–water partition coefficient (Wildman–Crippen LogP) is 3.93. The van der Waals surface area contributed by atoms with Crippen molar-refractivity contribution in [1.29, 1.82) is 0 Å². The highest BCUT2D eigenvalue weighted by molar-refractivity contribution is 8.00. The lowest BCUT2D eigenvalue weighted by Gasteiger charge is -2.04. The number of nitrogens with one attached hydrogen (secondary N) is 2. The first-order valence-corrected chi connectivity index (χ1v) is 10.6. The van der Waals surface area contributed by atoms with Gasteiger partial charge in [0.2, 0.25) is 5.13 Å². The second-order valence-corrected chi connectivity index (χ2v) is 8.47. The van der Waals surface area contributed by atoms with Crippen molar-refractivity contribution in [1.82, 2.24) is 19.6 Å². The minimum Gasteiger partial charge on any atom is -0.308 e. The summed E-state index contributed by atoms with van der Waals surface area (Å²) in [5.41, 5.74) is 2.37. The van der Waals surface area contributed by atoms with Crippen LogP contribution in [0.4, 0.5) is 20.0 Å². The van der Waals surface area contributed by atoms with Gasteiger partial charge in [0.15, 0.2) is 4.34 Å². The second kappa shape index (κ2) is 8.59. The van der Waals surface area contributed by atoms with Crippen LogP contribution in [0.1, 0.15) is 11.3 Å². The maximum Gasteiger partial charge on any atom is 0.325 e. The number of carbonyl (C=O) groups excluding carboxylic acids is 1. The lowest BCUT2D eigenvalue weighted by Crippen LogP contribution is -2.19. The molecular weight excluding hydrogens is 427 g/mol. The van der Waals surface area contributed by atoms with E-state index in [0.717, 1.165) is 5.56 Å². The van der Waals surface area contributed by atoms with Crippen molar-refractivity contribution in [3.63, 3.8) is 0 Å². The zero-order valence-corrected chi connectivity index (χ0v) is 17.3. The highest BCUT2D eigenvalue weighted by Crippen LogP contribution is 2.27. The number of aryl methyl sites for hydroxylation is 1. The summed E-state index contributed by atoms with van der Waals surface area (Å²) >= 11 is 2.55. The number of nitrogens with zero attached hydrogens (tertiary/aromatic N) is 4. The van der Waals surface area contributed by atoms with E-state index in [9.17, 15) is 14.0 Å². The topological polar surface area (TPSA) is 101 Å². The van der Waals surface area contributed by atoms with Crippen molar-refractivity contribution in [2.24, 2.45) is 0 Å². The molecule has 0 aliphatic rings. The monoisotopic (exact) mass is 442 g/mol. The van der Waals surface area contributed by atoms with Gasteiger partial charge in [0, 0.05) is 23.7 Å². The van der Waals surface area contributed by atoms with E-state index in [1.165, 1.54) is 51.8 Å². The van der Waals surface area contributed by atoms with E-state index in [-0.39, 0.29) is 5.56 Å². The lowest BCUT2D eigenvalue weighted by molar-refractivity contribution is 0.262. The third-order valence-corrected chi connectivity index (χ3v) is 5.92. The van der Waals surface area contributed by atoms with E-state index in [2.05, 4.69) is 25.8 Å². The average molecular weight is 443 g/mol. The summed E-state index contributed by atoms with van der Waals surface area (Å²) in [6.07, 6.45) is 1.75. The molecule has 8 nitrogen and oxygen atoms in total. The molecular formula is C19H15FN6O2S2. The maximum absolute atomic E-state index is 13.2. The molecule has 0 saturated heterocycles. The number of carbonyl (C=O) groups is 1. The average Bonchev–Trinajstić information content (AvgIpc) is 3.14. The minimum atomic E-state index is -0.548. The number of thioether (sulfide) groups is 1. The molecule has 3 aromatic heterocycles. The molecule has 3 heterocycles. The van der Waals surface area contributed by atoms with E-state index < -0.39 is 11.8 Å². The number of halogens is 1. The van der Waals surface area contributed by atoms with Gasteiger partial charge in [0.05, 0.1) is 5.69 Å². The molecule has 4 rings (SSSR count). The SMILES string of the molecule is Cc1ccc2nc(CSc3nnc(NC(=O)Nc4cccc(F)c4)s3)cc(=O)n2c1. The van der Waals surface area contributed by atoms with E-state index in [1.54, 1.807) is 18.3 Å². The van der Waals surface area contributed by atoms with Gasteiger partial charge in [0.25, 0.3) is 5.56 Å². The van der Waals surface area contributed by atoms with E-state index in [1.807, 2.05) is 13.0 Å². The predicted molar refractivity (Wildman–Crippen MR) is 115 cm³/mol. The Balaban J connectivity index is 1.38. The third-order valence-electron chi connectivity index (χ3n) is 3.91. The highest BCUT2D eigenvalue weighted by Gasteiger charge is 2.10. The quantitative estimate of drug-likeness (QED) is 0.359. The first kappa shape index (κ1) is 20.0. The fourth-order valence-corrected chi connectivity index (χ4v) is 4.25. The molecule has 4 aromatic rings. The normalized spacial score (nSPS) is 10.9. The Bertz CT molecular complexity index is 1290. The van der Waals surface area contributed by atoms with Gasteiger partial charge in [-0.15, -0.1) is 10.2 Å². The van der Waals surface area contributed by atoms with Gasteiger partial charge in [-0.3, -0.25) is 14.5 Å². The van der Waals surface area contributed by atoms with Crippen LogP contribution in [0.15, 0.2) is 57.8 Å². The Morgan fingerprint density at radius 3 is 2.90 bits per heavy atom. The molecule has 11 heteroatoms. The fourth-order valence-electron chi connectivity index (χ4n) is 2.61. The Kier molecular flexibility index (Phi) is 5.72. The van der Waals surface area contributed by atoms with Gasteiger partial charge in [-0.05, 0) is 36.8 Å². The molecule has 30 heavy (non-hydrogen) atoms. The Morgan fingerprint density at radius 2 is 2.07 bits per heavy atom.